The zero-order chi connectivity index (χ0) is 33.0. The standard InChI is InChI=1S/C41H47NO5/c1-5-18-44-38-29-12-9-13-30(38)23-32-15-11-17-34(40(32)46-20-7-3)25-36-27-37(42-28-43)26-35(41(36)47-21-8-4)24-33-16-10-14-31(22-29)39(33)45-19-6-2/h9-17,26-27H,5-8,18-25H2,1-4H3. The first-order valence-electron chi connectivity index (χ1n) is 17.2. The third-order valence-corrected chi connectivity index (χ3v) is 8.26. The molecule has 0 saturated carbocycles. The lowest BCUT2D eigenvalue weighted by molar-refractivity contribution is 0.304. The molecule has 0 spiro atoms. The van der Waals surface area contributed by atoms with E-state index in [1.165, 1.54) is 0 Å². The van der Waals surface area contributed by atoms with Crippen molar-refractivity contribution >= 4 is 11.8 Å². The van der Waals surface area contributed by atoms with Crippen molar-refractivity contribution in [1.29, 1.82) is 0 Å². The monoisotopic (exact) mass is 633 g/mol. The number of aliphatic imine (C=N–C) groups is 1. The van der Waals surface area contributed by atoms with Crippen LogP contribution in [0.5, 0.6) is 23.0 Å². The van der Waals surface area contributed by atoms with Crippen LogP contribution in [0.25, 0.3) is 0 Å². The van der Waals surface area contributed by atoms with Crippen molar-refractivity contribution in [3.8, 4) is 23.0 Å². The van der Waals surface area contributed by atoms with Crippen LogP contribution in [-0.2, 0) is 30.5 Å². The molecule has 47 heavy (non-hydrogen) atoms. The summed E-state index contributed by atoms with van der Waals surface area (Å²) in [5, 5.41) is 0. The van der Waals surface area contributed by atoms with Gasteiger partial charge in [-0.05, 0) is 71.2 Å². The number of nitrogens with zero attached hydrogens (tertiary/aromatic N) is 1. The zero-order valence-corrected chi connectivity index (χ0v) is 28.3. The average molecular weight is 634 g/mol. The largest absolute Gasteiger partial charge is 0.493 e. The Morgan fingerprint density at radius 2 is 0.766 bits per heavy atom. The van der Waals surface area contributed by atoms with E-state index in [4.69, 9.17) is 18.9 Å². The molecule has 8 bridgehead atoms. The fourth-order valence-electron chi connectivity index (χ4n) is 6.24. The Labute approximate surface area is 279 Å². The van der Waals surface area contributed by atoms with Gasteiger partial charge in [0.05, 0.1) is 32.1 Å². The van der Waals surface area contributed by atoms with Gasteiger partial charge in [0.2, 0.25) is 6.08 Å². The molecule has 0 atom stereocenters. The fraction of sp³-hybridized carbons (Fsp3) is 0.390. The number of hydrogen-bond donors (Lipinski definition) is 0. The van der Waals surface area contributed by atoms with Gasteiger partial charge >= 0.3 is 0 Å². The van der Waals surface area contributed by atoms with E-state index < -0.39 is 0 Å². The summed E-state index contributed by atoms with van der Waals surface area (Å²) in [5.74, 6) is 3.54. The number of fused-ring (bicyclic) bond motifs is 8. The van der Waals surface area contributed by atoms with Crippen molar-refractivity contribution in [1.82, 2.24) is 0 Å². The van der Waals surface area contributed by atoms with Gasteiger partial charge in [0, 0.05) is 36.8 Å². The van der Waals surface area contributed by atoms with E-state index in [1.54, 1.807) is 6.08 Å². The molecule has 5 rings (SSSR count). The van der Waals surface area contributed by atoms with Gasteiger partial charge in [-0.25, -0.2) is 4.79 Å². The van der Waals surface area contributed by atoms with Crippen LogP contribution in [-0.4, -0.2) is 32.5 Å². The molecule has 1 aliphatic carbocycles. The van der Waals surface area contributed by atoms with Gasteiger partial charge in [0.1, 0.15) is 23.0 Å². The Bertz CT molecular complexity index is 1600. The Kier molecular flexibility index (Phi) is 12.1. The molecule has 6 nitrogen and oxygen atoms in total. The summed E-state index contributed by atoms with van der Waals surface area (Å²) in [7, 11) is 0. The van der Waals surface area contributed by atoms with Gasteiger partial charge < -0.3 is 18.9 Å². The highest BCUT2D eigenvalue weighted by molar-refractivity contribution is 5.61. The predicted octanol–water partition coefficient (Wildman–Crippen LogP) is 9.49. The molecule has 0 N–H and O–H groups in total. The normalized spacial score (nSPS) is 12.2. The van der Waals surface area contributed by atoms with Crippen LogP contribution in [0.4, 0.5) is 5.69 Å². The molecule has 4 aromatic rings. The number of isocyanates is 1. The summed E-state index contributed by atoms with van der Waals surface area (Å²) in [6.45, 7) is 10.9. The van der Waals surface area contributed by atoms with Crippen LogP contribution in [0.15, 0.2) is 71.7 Å². The molecule has 1 aliphatic rings. The quantitative estimate of drug-likeness (QED) is 0.0955. The number of carbonyl (C=O) groups excluding carboxylic acids is 1. The minimum Gasteiger partial charge on any atom is -0.493 e. The van der Waals surface area contributed by atoms with Crippen LogP contribution in [0, 0.1) is 0 Å². The number of hydrogen-bond acceptors (Lipinski definition) is 6. The van der Waals surface area contributed by atoms with Crippen molar-refractivity contribution in [3.63, 3.8) is 0 Å². The average Bonchev–Trinajstić information content (AvgIpc) is 3.07. The summed E-state index contributed by atoms with van der Waals surface area (Å²) in [4.78, 5) is 15.6. The first-order valence-corrected chi connectivity index (χ1v) is 17.2. The lowest BCUT2D eigenvalue weighted by Gasteiger charge is -2.23. The molecular weight excluding hydrogens is 586 g/mol. The highest BCUT2D eigenvalue weighted by Gasteiger charge is 2.22. The second-order valence-corrected chi connectivity index (χ2v) is 12.1. The van der Waals surface area contributed by atoms with E-state index in [0.29, 0.717) is 57.8 Å². The summed E-state index contributed by atoms with van der Waals surface area (Å²) >= 11 is 0. The summed E-state index contributed by atoms with van der Waals surface area (Å²) in [6, 6.07) is 23.1. The Morgan fingerprint density at radius 3 is 1.04 bits per heavy atom. The highest BCUT2D eigenvalue weighted by atomic mass is 16.5. The molecule has 0 fully saturated rings. The molecule has 0 amide bonds. The summed E-state index contributed by atoms with van der Waals surface area (Å²) in [5.41, 5.74) is 9.06. The fourth-order valence-corrected chi connectivity index (χ4v) is 6.24. The number of benzene rings is 4. The van der Waals surface area contributed by atoms with Crippen LogP contribution < -0.4 is 18.9 Å². The Balaban J connectivity index is 1.80. The summed E-state index contributed by atoms with van der Waals surface area (Å²) < 4.78 is 26.1. The van der Waals surface area contributed by atoms with Crippen molar-refractivity contribution in [2.24, 2.45) is 4.99 Å². The van der Waals surface area contributed by atoms with E-state index in [9.17, 15) is 4.79 Å². The lowest BCUT2D eigenvalue weighted by Crippen LogP contribution is -2.10. The van der Waals surface area contributed by atoms with Crippen LogP contribution >= 0.6 is 0 Å². The van der Waals surface area contributed by atoms with Crippen LogP contribution in [0.3, 0.4) is 0 Å². The Morgan fingerprint density at radius 1 is 0.489 bits per heavy atom. The molecule has 0 heterocycles. The molecule has 0 unspecified atom stereocenters. The molecule has 4 aromatic carbocycles. The molecule has 0 aromatic heterocycles. The Hall–Kier alpha value is -4.54. The second kappa shape index (κ2) is 16.9. The SMILES string of the molecule is CCCOc1c2cccc1Cc1cccc(c1OCCC)Cc1cc(N=C=O)cc(c1OCCC)Cc1cccc(c1OCCC)C2. The van der Waals surface area contributed by atoms with E-state index in [1.807, 2.05) is 12.1 Å². The van der Waals surface area contributed by atoms with Gasteiger partial charge in [-0.2, -0.15) is 4.99 Å². The number of ether oxygens (including phenoxy) is 4. The minimum atomic E-state index is 0.555. The minimum absolute atomic E-state index is 0.555. The smallest absolute Gasteiger partial charge is 0.240 e. The second-order valence-electron chi connectivity index (χ2n) is 12.1. The molecule has 0 saturated heterocycles. The maximum Gasteiger partial charge on any atom is 0.240 e. The first-order chi connectivity index (χ1) is 23.1. The van der Waals surface area contributed by atoms with Gasteiger partial charge in [0.15, 0.2) is 0 Å². The van der Waals surface area contributed by atoms with Crippen LogP contribution in [0.1, 0.15) is 97.9 Å². The topological polar surface area (TPSA) is 66.4 Å². The van der Waals surface area contributed by atoms with Crippen molar-refractivity contribution in [2.75, 3.05) is 26.4 Å². The first kappa shape index (κ1) is 33.8. The third-order valence-electron chi connectivity index (χ3n) is 8.26. The van der Waals surface area contributed by atoms with E-state index in [2.05, 4.69) is 87.3 Å². The van der Waals surface area contributed by atoms with Gasteiger partial charge in [-0.3, -0.25) is 0 Å². The van der Waals surface area contributed by atoms with Crippen LogP contribution in [0.2, 0.25) is 0 Å². The van der Waals surface area contributed by atoms with Gasteiger partial charge in [0.25, 0.3) is 0 Å². The number of rotatable bonds is 13. The van der Waals surface area contributed by atoms with Gasteiger partial charge in [-0.1, -0.05) is 82.3 Å². The molecule has 6 heteroatoms. The molecule has 246 valence electrons. The van der Waals surface area contributed by atoms with E-state index in [-0.39, 0.29) is 0 Å². The highest BCUT2D eigenvalue weighted by Crippen LogP contribution is 2.40. The van der Waals surface area contributed by atoms with Crippen molar-refractivity contribution in [2.45, 2.75) is 79.1 Å². The molecule has 0 aliphatic heterocycles. The maximum atomic E-state index is 11.5. The predicted molar refractivity (Wildman–Crippen MR) is 188 cm³/mol. The lowest BCUT2D eigenvalue weighted by atomic mass is 9.91. The van der Waals surface area contributed by atoms with Crippen molar-refractivity contribution in [3.05, 3.63) is 111 Å². The van der Waals surface area contributed by atoms with E-state index >= 15 is 0 Å². The third kappa shape index (κ3) is 8.25. The number of para-hydroxylation sites is 3. The molecular formula is C41H47NO5. The zero-order valence-electron chi connectivity index (χ0n) is 28.3. The van der Waals surface area contributed by atoms with Crippen molar-refractivity contribution < 1.29 is 23.7 Å². The summed E-state index contributed by atoms with van der Waals surface area (Å²) in [6.07, 6.45) is 7.78. The maximum absolute atomic E-state index is 11.5. The molecule has 0 radical (unpaired) electrons. The van der Waals surface area contributed by atoms with E-state index in [0.717, 1.165) is 93.2 Å². The van der Waals surface area contributed by atoms with Gasteiger partial charge in [-0.15, -0.1) is 0 Å².